The fourth-order valence-electron chi connectivity index (χ4n) is 0.123. The number of halogens is 2. The fourth-order valence-corrected chi connectivity index (χ4v) is 0.123. The largest absolute Gasteiger partial charge is 0.248 e. The highest BCUT2D eigenvalue weighted by molar-refractivity contribution is 4.58. The zero-order valence-corrected chi connectivity index (χ0v) is 4.03. The maximum Gasteiger partial charge on any atom is 0.152 e. The fraction of sp³-hybridized carbons (Fsp3) is 1.00. The lowest BCUT2D eigenvalue weighted by Crippen LogP contribution is -2.18. The van der Waals surface area contributed by atoms with E-state index in [1.165, 1.54) is 0 Å². The molecular formula is C4H7F2O. The van der Waals surface area contributed by atoms with E-state index in [2.05, 4.69) is 0 Å². The van der Waals surface area contributed by atoms with Crippen molar-refractivity contribution in [3.8, 4) is 0 Å². The van der Waals surface area contributed by atoms with Gasteiger partial charge in [-0.05, 0) is 6.92 Å². The summed E-state index contributed by atoms with van der Waals surface area (Å²) >= 11 is 0. The monoisotopic (exact) mass is 109 g/mol. The standard InChI is InChI=1S/C4H7F2O/c1-3(6)4(7)2-5/h3-4H,2H2,1H3. The average molecular weight is 109 g/mol. The first-order valence-corrected chi connectivity index (χ1v) is 2.04. The summed E-state index contributed by atoms with van der Waals surface area (Å²) in [6.07, 6.45) is -3.25. The molecule has 0 rings (SSSR count). The van der Waals surface area contributed by atoms with Gasteiger partial charge in [-0.15, -0.1) is 0 Å². The first-order valence-electron chi connectivity index (χ1n) is 2.04. The second-order valence-corrected chi connectivity index (χ2v) is 1.37. The van der Waals surface area contributed by atoms with E-state index in [9.17, 15) is 13.9 Å². The minimum atomic E-state index is -1.68. The van der Waals surface area contributed by atoms with Gasteiger partial charge in [0.25, 0.3) is 0 Å². The third-order valence-corrected chi connectivity index (χ3v) is 0.664. The van der Waals surface area contributed by atoms with Crippen molar-refractivity contribution in [1.82, 2.24) is 0 Å². The van der Waals surface area contributed by atoms with Gasteiger partial charge < -0.3 is 0 Å². The van der Waals surface area contributed by atoms with Crippen molar-refractivity contribution >= 4 is 0 Å². The van der Waals surface area contributed by atoms with Crippen molar-refractivity contribution in [3.05, 3.63) is 0 Å². The summed E-state index contributed by atoms with van der Waals surface area (Å²) < 4.78 is 22.6. The van der Waals surface area contributed by atoms with Gasteiger partial charge in [0.1, 0.15) is 12.8 Å². The third kappa shape index (κ3) is 2.51. The molecule has 1 nitrogen and oxygen atoms in total. The van der Waals surface area contributed by atoms with Crippen LogP contribution in [0.4, 0.5) is 8.78 Å². The predicted molar refractivity (Wildman–Crippen MR) is 21.0 cm³/mol. The minimum Gasteiger partial charge on any atom is -0.248 e. The lowest BCUT2D eigenvalue weighted by atomic mass is 10.3. The first-order chi connectivity index (χ1) is 3.18. The third-order valence-electron chi connectivity index (χ3n) is 0.664. The minimum absolute atomic E-state index is 1.05. The maximum atomic E-state index is 11.5. The zero-order valence-electron chi connectivity index (χ0n) is 4.03. The molecule has 43 valence electrons. The van der Waals surface area contributed by atoms with Crippen LogP contribution in [0, 0.1) is 0 Å². The highest BCUT2D eigenvalue weighted by atomic mass is 19.1. The van der Waals surface area contributed by atoms with Gasteiger partial charge in [-0.2, -0.15) is 0 Å². The van der Waals surface area contributed by atoms with Crippen molar-refractivity contribution in [2.24, 2.45) is 0 Å². The van der Waals surface area contributed by atoms with Crippen LogP contribution in [0.15, 0.2) is 0 Å². The van der Waals surface area contributed by atoms with Gasteiger partial charge in [0.2, 0.25) is 0 Å². The van der Waals surface area contributed by atoms with E-state index < -0.39 is 19.0 Å². The van der Waals surface area contributed by atoms with Crippen LogP contribution in [0.25, 0.3) is 0 Å². The number of rotatable bonds is 2. The van der Waals surface area contributed by atoms with Crippen LogP contribution in [0.3, 0.4) is 0 Å². The Labute approximate surface area is 41.0 Å². The summed E-state index contributed by atoms with van der Waals surface area (Å²) in [6.45, 7) is -0.0606. The van der Waals surface area contributed by atoms with Gasteiger partial charge in [0.15, 0.2) is 6.10 Å². The van der Waals surface area contributed by atoms with Crippen LogP contribution in [0.1, 0.15) is 6.92 Å². The Morgan fingerprint density at radius 1 is 1.71 bits per heavy atom. The van der Waals surface area contributed by atoms with E-state index in [0.717, 1.165) is 6.92 Å². The lowest BCUT2D eigenvalue weighted by molar-refractivity contribution is 0.00789. The van der Waals surface area contributed by atoms with Crippen LogP contribution in [0.2, 0.25) is 0 Å². The van der Waals surface area contributed by atoms with Gasteiger partial charge in [-0.1, -0.05) is 0 Å². The number of hydrogen-bond donors (Lipinski definition) is 0. The van der Waals surface area contributed by atoms with Crippen LogP contribution in [-0.4, -0.2) is 19.0 Å². The van der Waals surface area contributed by atoms with Crippen molar-refractivity contribution in [2.75, 3.05) is 6.67 Å². The molecular weight excluding hydrogens is 102 g/mol. The number of alkyl halides is 2. The van der Waals surface area contributed by atoms with Crippen molar-refractivity contribution in [3.63, 3.8) is 0 Å². The van der Waals surface area contributed by atoms with Gasteiger partial charge in [0.05, 0.1) is 0 Å². The SMILES string of the molecule is CC(F)C([O])CF. The molecule has 2 atom stereocenters. The number of hydrogen-bond acceptors (Lipinski definition) is 0. The summed E-state index contributed by atoms with van der Waals surface area (Å²) in [5.74, 6) is 0. The Balaban J connectivity index is 3.14. The van der Waals surface area contributed by atoms with Crippen LogP contribution < -0.4 is 0 Å². The van der Waals surface area contributed by atoms with Crippen molar-refractivity contribution in [1.29, 1.82) is 0 Å². The first kappa shape index (κ1) is 6.82. The molecule has 2 unspecified atom stereocenters. The van der Waals surface area contributed by atoms with Gasteiger partial charge >= 0.3 is 0 Å². The zero-order chi connectivity index (χ0) is 5.86. The van der Waals surface area contributed by atoms with E-state index in [1.54, 1.807) is 0 Å². The maximum absolute atomic E-state index is 11.5. The topological polar surface area (TPSA) is 19.9 Å². The summed E-state index contributed by atoms with van der Waals surface area (Å²) in [4.78, 5) is 0. The van der Waals surface area contributed by atoms with E-state index in [-0.39, 0.29) is 0 Å². The molecule has 1 radical (unpaired) electrons. The molecule has 7 heavy (non-hydrogen) atoms. The molecule has 0 saturated heterocycles. The van der Waals surface area contributed by atoms with Crippen LogP contribution in [-0.2, 0) is 5.11 Å². The van der Waals surface area contributed by atoms with Crippen LogP contribution >= 0.6 is 0 Å². The smallest absolute Gasteiger partial charge is 0.152 e. The van der Waals surface area contributed by atoms with Crippen molar-refractivity contribution < 1.29 is 13.9 Å². The molecule has 0 saturated carbocycles. The second kappa shape index (κ2) is 2.91. The highest BCUT2D eigenvalue weighted by Crippen LogP contribution is 1.97. The van der Waals surface area contributed by atoms with E-state index in [4.69, 9.17) is 0 Å². The Bertz CT molecular complexity index is 47.0. The summed E-state index contributed by atoms with van der Waals surface area (Å²) in [5.41, 5.74) is 0. The normalized spacial score (nSPS) is 18.9. The van der Waals surface area contributed by atoms with Crippen molar-refractivity contribution in [2.45, 2.75) is 19.2 Å². The molecule has 0 N–H and O–H groups in total. The van der Waals surface area contributed by atoms with Gasteiger partial charge in [-0.3, -0.25) is 0 Å². The highest BCUT2D eigenvalue weighted by Gasteiger charge is 2.12. The predicted octanol–water partition coefficient (Wildman–Crippen LogP) is 1.11. The molecule has 0 aliphatic rings. The molecule has 0 amide bonds. The van der Waals surface area contributed by atoms with Crippen LogP contribution in [0.5, 0.6) is 0 Å². The molecule has 0 aliphatic heterocycles. The van der Waals surface area contributed by atoms with E-state index >= 15 is 0 Å². The Kier molecular flexibility index (Phi) is 2.83. The molecule has 0 aromatic carbocycles. The molecule has 0 heterocycles. The van der Waals surface area contributed by atoms with E-state index in [0.29, 0.717) is 0 Å². The quantitative estimate of drug-likeness (QED) is 0.506. The van der Waals surface area contributed by atoms with Gasteiger partial charge in [-0.25, -0.2) is 13.9 Å². The Morgan fingerprint density at radius 2 is 2.14 bits per heavy atom. The summed E-state index contributed by atoms with van der Waals surface area (Å²) in [6, 6.07) is 0. The Morgan fingerprint density at radius 3 is 2.14 bits per heavy atom. The molecule has 0 aromatic heterocycles. The molecule has 0 spiro atoms. The van der Waals surface area contributed by atoms with Gasteiger partial charge in [0, 0.05) is 0 Å². The molecule has 3 heteroatoms. The Hall–Kier alpha value is -0.180. The summed E-state index contributed by atoms with van der Waals surface area (Å²) in [5, 5.41) is 9.84. The average Bonchev–Trinajstić information content (AvgIpc) is 1.65. The second-order valence-electron chi connectivity index (χ2n) is 1.37. The van der Waals surface area contributed by atoms with E-state index in [1.807, 2.05) is 0 Å². The lowest BCUT2D eigenvalue weighted by Gasteiger charge is -2.00. The molecule has 0 aromatic rings. The summed E-state index contributed by atoms with van der Waals surface area (Å²) in [7, 11) is 0. The molecule has 0 bridgehead atoms. The molecule has 0 fully saturated rings. The molecule has 0 aliphatic carbocycles.